The van der Waals surface area contributed by atoms with Crippen LogP contribution in [-0.2, 0) is 11.3 Å². The minimum atomic E-state index is -0.568. The first-order valence-corrected chi connectivity index (χ1v) is 8.43. The molecule has 0 saturated carbocycles. The van der Waals surface area contributed by atoms with Gasteiger partial charge in [-0.3, -0.25) is 4.79 Å². The van der Waals surface area contributed by atoms with Crippen LogP contribution in [0.3, 0.4) is 0 Å². The summed E-state index contributed by atoms with van der Waals surface area (Å²) in [6, 6.07) is 14.5. The van der Waals surface area contributed by atoms with E-state index in [1.165, 1.54) is 4.57 Å². The summed E-state index contributed by atoms with van der Waals surface area (Å²) in [5, 5.41) is 13.8. The number of anilines is 1. The fraction of sp³-hybridized carbons (Fsp3) is 0.105. The SMILES string of the molecule is Cc1ncc([N+](=O)[O-])n1CC(=O)Nc1cccc(-c2nc3ccccc3o2)c1. The number of aryl methyl sites for hydroxylation is 1. The van der Waals surface area contributed by atoms with Gasteiger partial charge < -0.3 is 19.8 Å². The summed E-state index contributed by atoms with van der Waals surface area (Å²) in [6.07, 6.45) is 1.14. The Labute approximate surface area is 158 Å². The molecule has 4 aromatic rings. The first kappa shape index (κ1) is 17.4. The molecule has 0 radical (unpaired) electrons. The zero-order chi connectivity index (χ0) is 19.7. The lowest BCUT2D eigenvalue weighted by atomic mass is 10.2. The molecule has 2 heterocycles. The second-order valence-corrected chi connectivity index (χ2v) is 6.12. The molecule has 9 heteroatoms. The third kappa shape index (κ3) is 3.32. The molecule has 0 bridgehead atoms. The van der Waals surface area contributed by atoms with Crippen molar-refractivity contribution in [3.8, 4) is 11.5 Å². The summed E-state index contributed by atoms with van der Waals surface area (Å²) in [5.74, 6) is 0.201. The Balaban J connectivity index is 1.54. The van der Waals surface area contributed by atoms with Crippen LogP contribution in [0.15, 0.2) is 59.1 Å². The molecule has 4 rings (SSSR count). The maximum absolute atomic E-state index is 12.4. The molecule has 0 unspecified atom stereocenters. The van der Waals surface area contributed by atoms with Crippen LogP contribution in [0, 0.1) is 17.0 Å². The van der Waals surface area contributed by atoms with E-state index in [0.29, 0.717) is 28.5 Å². The Morgan fingerprint density at radius 1 is 1.25 bits per heavy atom. The van der Waals surface area contributed by atoms with Crippen molar-refractivity contribution in [2.45, 2.75) is 13.5 Å². The fourth-order valence-corrected chi connectivity index (χ4v) is 2.87. The molecule has 2 aromatic carbocycles. The molecule has 0 aliphatic heterocycles. The third-order valence-corrected chi connectivity index (χ3v) is 4.21. The second-order valence-electron chi connectivity index (χ2n) is 6.12. The Kier molecular flexibility index (Phi) is 4.32. The van der Waals surface area contributed by atoms with Crippen molar-refractivity contribution >= 4 is 28.5 Å². The van der Waals surface area contributed by atoms with Crippen LogP contribution < -0.4 is 5.32 Å². The summed E-state index contributed by atoms with van der Waals surface area (Å²) >= 11 is 0. The highest BCUT2D eigenvalue weighted by Crippen LogP contribution is 2.26. The number of carbonyl (C=O) groups is 1. The van der Waals surface area contributed by atoms with Gasteiger partial charge in [0.25, 0.3) is 5.91 Å². The normalized spacial score (nSPS) is 10.9. The molecule has 0 fully saturated rings. The van der Waals surface area contributed by atoms with E-state index in [4.69, 9.17) is 4.42 Å². The topological polar surface area (TPSA) is 116 Å². The molecule has 1 N–H and O–H groups in total. The average Bonchev–Trinajstić information content (AvgIpc) is 3.26. The maximum atomic E-state index is 12.4. The van der Waals surface area contributed by atoms with Gasteiger partial charge in [-0.2, -0.15) is 0 Å². The highest BCUT2D eigenvalue weighted by atomic mass is 16.6. The summed E-state index contributed by atoms with van der Waals surface area (Å²) < 4.78 is 7.00. The van der Waals surface area contributed by atoms with Gasteiger partial charge in [0, 0.05) is 18.2 Å². The summed E-state index contributed by atoms with van der Waals surface area (Å²) in [6.45, 7) is 1.39. The molecule has 0 atom stereocenters. The molecule has 28 heavy (non-hydrogen) atoms. The standard InChI is InChI=1S/C19H15N5O4/c1-12-20-10-18(24(26)27)23(12)11-17(25)21-14-6-4-5-13(9-14)19-22-15-7-2-3-8-16(15)28-19/h2-10H,11H2,1H3,(H,21,25). The first-order valence-electron chi connectivity index (χ1n) is 8.43. The van der Waals surface area contributed by atoms with Gasteiger partial charge in [-0.15, -0.1) is 0 Å². The van der Waals surface area contributed by atoms with Gasteiger partial charge in [0.2, 0.25) is 5.89 Å². The van der Waals surface area contributed by atoms with Crippen LogP contribution in [0.1, 0.15) is 5.82 Å². The van der Waals surface area contributed by atoms with Crippen LogP contribution in [0.25, 0.3) is 22.6 Å². The number of hydrogen-bond acceptors (Lipinski definition) is 6. The van der Waals surface area contributed by atoms with Gasteiger partial charge in [-0.25, -0.2) is 14.5 Å². The van der Waals surface area contributed by atoms with E-state index < -0.39 is 10.8 Å². The quantitative estimate of drug-likeness (QED) is 0.420. The molecule has 0 aliphatic carbocycles. The van der Waals surface area contributed by atoms with Crippen LogP contribution >= 0.6 is 0 Å². The molecular formula is C19H15N5O4. The number of benzene rings is 2. The number of carbonyl (C=O) groups excluding carboxylic acids is 1. The lowest BCUT2D eigenvalue weighted by molar-refractivity contribution is -0.392. The number of hydrogen-bond donors (Lipinski definition) is 1. The van der Waals surface area contributed by atoms with E-state index in [1.807, 2.05) is 30.3 Å². The Morgan fingerprint density at radius 2 is 2.07 bits per heavy atom. The van der Waals surface area contributed by atoms with Crippen molar-refractivity contribution in [3.05, 3.63) is 70.7 Å². The van der Waals surface area contributed by atoms with Gasteiger partial charge >= 0.3 is 5.82 Å². The third-order valence-electron chi connectivity index (χ3n) is 4.21. The molecule has 0 saturated heterocycles. The van der Waals surface area contributed by atoms with E-state index in [1.54, 1.807) is 25.1 Å². The molecule has 2 aromatic heterocycles. The predicted molar refractivity (Wildman–Crippen MR) is 102 cm³/mol. The molecule has 0 aliphatic rings. The zero-order valence-electron chi connectivity index (χ0n) is 14.8. The number of para-hydroxylation sites is 2. The van der Waals surface area contributed by atoms with E-state index in [9.17, 15) is 14.9 Å². The van der Waals surface area contributed by atoms with E-state index in [0.717, 1.165) is 11.7 Å². The highest BCUT2D eigenvalue weighted by Gasteiger charge is 2.20. The number of nitrogens with zero attached hydrogens (tertiary/aromatic N) is 4. The number of amides is 1. The molecule has 1 amide bonds. The van der Waals surface area contributed by atoms with Crippen LogP contribution in [0.4, 0.5) is 11.5 Å². The van der Waals surface area contributed by atoms with Gasteiger partial charge in [-0.05, 0) is 35.3 Å². The molecule has 9 nitrogen and oxygen atoms in total. The average molecular weight is 377 g/mol. The van der Waals surface area contributed by atoms with Crippen molar-refractivity contribution in [2.24, 2.45) is 0 Å². The highest BCUT2D eigenvalue weighted by molar-refractivity contribution is 5.91. The van der Waals surface area contributed by atoms with E-state index in [-0.39, 0.29) is 12.4 Å². The number of aromatic nitrogens is 3. The molecule has 140 valence electrons. The van der Waals surface area contributed by atoms with Crippen molar-refractivity contribution in [1.82, 2.24) is 14.5 Å². The van der Waals surface area contributed by atoms with Gasteiger partial charge in [-0.1, -0.05) is 18.2 Å². The fourth-order valence-electron chi connectivity index (χ4n) is 2.87. The molecule has 0 spiro atoms. The Hall–Kier alpha value is -4.01. The van der Waals surface area contributed by atoms with Gasteiger partial charge in [0.05, 0.1) is 0 Å². The Morgan fingerprint density at radius 3 is 2.86 bits per heavy atom. The van der Waals surface area contributed by atoms with E-state index >= 15 is 0 Å². The number of nitro groups is 1. The van der Waals surface area contributed by atoms with Crippen LogP contribution in [0.5, 0.6) is 0 Å². The minimum Gasteiger partial charge on any atom is -0.436 e. The Bertz CT molecular complexity index is 1160. The van der Waals surface area contributed by atoms with Crippen molar-refractivity contribution < 1.29 is 14.1 Å². The van der Waals surface area contributed by atoms with Crippen molar-refractivity contribution in [2.75, 3.05) is 5.32 Å². The van der Waals surface area contributed by atoms with Gasteiger partial charge in [0.1, 0.15) is 11.7 Å². The lowest BCUT2D eigenvalue weighted by Gasteiger charge is -2.06. The second kappa shape index (κ2) is 6.95. The number of nitrogens with one attached hydrogen (secondary N) is 1. The predicted octanol–water partition coefficient (Wildman–Crippen LogP) is 3.55. The monoisotopic (exact) mass is 377 g/mol. The van der Waals surface area contributed by atoms with Gasteiger partial charge in [0.15, 0.2) is 18.0 Å². The number of rotatable bonds is 5. The number of imidazole rings is 1. The van der Waals surface area contributed by atoms with Crippen LogP contribution in [0.2, 0.25) is 0 Å². The minimum absolute atomic E-state index is 0.213. The zero-order valence-corrected chi connectivity index (χ0v) is 14.8. The lowest BCUT2D eigenvalue weighted by Crippen LogP contribution is -2.20. The first-order chi connectivity index (χ1) is 13.5. The largest absolute Gasteiger partial charge is 0.436 e. The van der Waals surface area contributed by atoms with E-state index in [2.05, 4.69) is 15.3 Å². The molecular weight excluding hydrogens is 362 g/mol. The van der Waals surface area contributed by atoms with Crippen molar-refractivity contribution in [3.63, 3.8) is 0 Å². The number of fused-ring (bicyclic) bond motifs is 1. The van der Waals surface area contributed by atoms with Crippen molar-refractivity contribution in [1.29, 1.82) is 0 Å². The van der Waals surface area contributed by atoms with Crippen LogP contribution in [-0.4, -0.2) is 25.4 Å². The summed E-state index contributed by atoms with van der Waals surface area (Å²) in [7, 11) is 0. The summed E-state index contributed by atoms with van der Waals surface area (Å²) in [5.41, 5.74) is 2.66. The summed E-state index contributed by atoms with van der Waals surface area (Å²) in [4.78, 5) is 31.2. The maximum Gasteiger partial charge on any atom is 0.343 e. The number of oxazole rings is 1. The smallest absolute Gasteiger partial charge is 0.343 e.